The fourth-order valence-corrected chi connectivity index (χ4v) is 2.50. The molecule has 1 heterocycles. The van der Waals surface area contributed by atoms with Gasteiger partial charge in [0.2, 0.25) is 5.82 Å². The van der Waals surface area contributed by atoms with Crippen LogP contribution in [0.4, 0.5) is 0 Å². The summed E-state index contributed by atoms with van der Waals surface area (Å²) in [6.45, 7) is -0.189. The highest BCUT2D eigenvalue weighted by Gasteiger charge is 2.17. The molecule has 0 aliphatic heterocycles. The third-order valence-corrected chi connectivity index (χ3v) is 3.86. The highest BCUT2D eigenvalue weighted by molar-refractivity contribution is 6.33. The molecule has 0 amide bonds. The number of esters is 1. The smallest absolute Gasteiger partial charge is 0.342 e. The van der Waals surface area contributed by atoms with Crippen LogP contribution in [0.3, 0.4) is 0 Å². The van der Waals surface area contributed by atoms with E-state index >= 15 is 0 Å². The van der Waals surface area contributed by atoms with E-state index in [0.717, 1.165) is 0 Å². The van der Waals surface area contributed by atoms with Gasteiger partial charge in [0.15, 0.2) is 6.61 Å². The van der Waals surface area contributed by atoms with Gasteiger partial charge in [-0.15, -0.1) is 0 Å². The molecule has 1 aromatic heterocycles. The maximum Gasteiger partial charge on any atom is 0.342 e. The van der Waals surface area contributed by atoms with Crippen molar-refractivity contribution in [3.05, 3.63) is 64.0 Å². The lowest BCUT2D eigenvalue weighted by atomic mass is 10.2. The van der Waals surface area contributed by atoms with Crippen LogP contribution < -0.4 is 4.74 Å². The van der Waals surface area contributed by atoms with Gasteiger partial charge >= 0.3 is 5.97 Å². The lowest BCUT2D eigenvalue weighted by Gasteiger charge is -2.07. The quantitative estimate of drug-likeness (QED) is 0.612. The standard InChI is InChI=1S/C17H12Cl2N2O4/c1-23-14-7-6-10(18)8-12(14)17(22)24-9-15-20-16(21-25-15)11-4-2-3-5-13(11)19/h2-8H,9H2,1H3. The number of benzene rings is 2. The summed E-state index contributed by atoms with van der Waals surface area (Å²) in [5.74, 6) is 0.203. The second-order valence-corrected chi connectivity index (χ2v) is 5.76. The first-order valence-electron chi connectivity index (χ1n) is 7.16. The van der Waals surface area contributed by atoms with Gasteiger partial charge in [0.1, 0.15) is 11.3 Å². The maximum atomic E-state index is 12.2. The van der Waals surface area contributed by atoms with Gasteiger partial charge in [-0.3, -0.25) is 0 Å². The lowest BCUT2D eigenvalue weighted by Crippen LogP contribution is -2.07. The van der Waals surface area contributed by atoms with Gasteiger partial charge in [-0.25, -0.2) is 4.79 Å². The summed E-state index contributed by atoms with van der Waals surface area (Å²) in [6, 6.07) is 11.8. The molecule has 25 heavy (non-hydrogen) atoms. The van der Waals surface area contributed by atoms with E-state index in [-0.39, 0.29) is 18.1 Å². The van der Waals surface area contributed by atoms with Crippen molar-refractivity contribution in [2.24, 2.45) is 0 Å². The van der Waals surface area contributed by atoms with Gasteiger partial charge < -0.3 is 14.0 Å². The second kappa shape index (κ2) is 7.55. The summed E-state index contributed by atoms with van der Waals surface area (Å²) in [6.07, 6.45) is 0. The number of hydrogen-bond donors (Lipinski definition) is 0. The molecular formula is C17H12Cl2N2O4. The Morgan fingerprint density at radius 3 is 2.76 bits per heavy atom. The van der Waals surface area contributed by atoms with E-state index in [1.165, 1.54) is 13.2 Å². The third-order valence-electron chi connectivity index (χ3n) is 3.29. The molecule has 0 aliphatic carbocycles. The first-order chi connectivity index (χ1) is 12.1. The summed E-state index contributed by atoms with van der Waals surface area (Å²) >= 11 is 12.0. The number of ether oxygens (including phenoxy) is 2. The van der Waals surface area contributed by atoms with Crippen molar-refractivity contribution in [3.8, 4) is 17.1 Å². The molecule has 3 rings (SSSR count). The van der Waals surface area contributed by atoms with E-state index in [2.05, 4.69) is 10.1 Å². The topological polar surface area (TPSA) is 74.5 Å². The molecule has 128 valence electrons. The van der Waals surface area contributed by atoms with Crippen molar-refractivity contribution < 1.29 is 18.8 Å². The summed E-state index contributed by atoms with van der Waals surface area (Å²) in [5.41, 5.74) is 0.836. The number of methoxy groups -OCH3 is 1. The molecule has 0 radical (unpaired) electrons. The molecule has 0 unspecified atom stereocenters. The van der Waals surface area contributed by atoms with Crippen molar-refractivity contribution in [3.63, 3.8) is 0 Å². The summed E-state index contributed by atoms with van der Waals surface area (Å²) < 4.78 is 15.4. The Bertz CT molecular complexity index is 911. The molecule has 0 aliphatic rings. The molecule has 3 aromatic rings. The first-order valence-corrected chi connectivity index (χ1v) is 7.92. The largest absolute Gasteiger partial charge is 0.496 e. The van der Waals surface area contributed by atoms with E-state index in [0.29, 0.717) is 27.2 Å². The Balaban J connectivity index is 1.72. The minimum Gasteiger partial charge on any atom is -0.496 e. The Kier molecular flexibility index (Phi) is 5.21. The van der Waals surface area contributed by atoms with Gasteiger partial charge in [0, 0.05) is 10.6 Å². The molecule has 0 spiro atoms. The number of aromatic nitrogens is 2. The van der Waals surface area contributed by atoms with Gasteiger partial charge in [0.25, 0.3) is 5.89 Å². The molecule has 0 fully saturated rings. The van der Waals surface area contributed by atoms with Gasteiger partial charge in [0.05, 0.1) is 12.1 Å². The van der Waals surface area contributed by atoms with E-state index in [1.54, 1.807) is 30.3 Å². The van der Waals surface area contributed by atoms with E-state index in [9.17, 15) is 4.79 Å². The third kappa shape index (κ3) is 3.92. The number of halogens is 2. The van der Waals surface area contributed by atoms with Crippen LogP contribution in [-0.4, -0.2) is 23.2 Å². The molecule has 0 saturated heterocycles. The van der Waals surface area contributed by atoms with Crippen LogP contribution in [0.25, 0.3) is 11.4 Å². The zero-order valence-electron chi connectivity index (χ0n) is 13.0. The maximum absolute atomic E-state index is 12.2. The predicted molar refractivity (Wildman–Crippen MR) is 91.9 cm³/mol. The first kappa shape index (κ1) is 17.3. The average molecular weight is 379 g/mol. The van der Waals surface area contributed by atoms with Crippen LogP contribution in [0, 0.1) is 0 Å². The van der Waals surface area contributed by atoms with Gasteiger partial charge in [-0.05, 0) is 30.3 Å². The van der Waals surface area contributed by atoms with Crippen LogP contribution in [0.5, 0.6) is 5.75 Å². The number of hydrogen-bond acceptors (Lipinski definition) is 6. The molecule has 0 saturated carbocycles. The molecule has 0 atom stereocenters. The Morgan fingerprint density at radius 2 is 2.00 bits per heavy atom. The average Bonchev–Trinajstić information content (AvgIpc) is 3.08. The van der Waals surface area contributed by atoms with Crippen LogP contribution in [0.1, 0.15) is 16.2 Å². The molecule has 6 nitrogen and oxygen atoms in total. The lowest BCUT2D eigenvalue weighted by molar-refractivity contribution is 0.0426. The summed E-state index contributed by atoms with van der Waals surface area (Å²) in [5, 5.41) is 4.73. The monoisotopic (exact) mass is 378 g/mol. The van der Waals surface area contributed by atoms with E-state index < -0.39 is 5.97 Å². The summed E-state index contributed by atoms with van der Waals surface area (Å²) in [4.78, 5) is 16.4. The molecule has 2 aromatic carbocycles. The number of carbonyl (C=O) groups excluding carboxylic acids is 1. The summed E-state index contributed by atoms with van der Waals surface area (Å²) in [7, 11) is 1.45. The molecule has 0 bridgehead atoms. The molecule has 0 N–H and O–H groups in total. The van der Waals surface area contributed by atoms with Crippen molar-refractivity contribution >= 4 is 29.2 Å². The fourth-order valence-electron chi connectivity index (χ4n) is 2.11. The number of carbonyl (C=O) groups is 1. The zero-order chi connectivity index (χ0) is 17.8. The zero-order valence-corrected chi connectivity index (χ0v) is 14.5. The van der Waals surface area contributed by atoms with Crippen LogP contribution in [-0.2, 0) is 11.3 Å². The van der Waals surface area contributed by atoms with Crippen molar-refractivity contribution in [1.29, 1.82) is 0 Å². The van der Waals surface area contributed by atoms with Crippen molar-refractivity contribution in [1.82, 2.24) is 10.1 Å². The Labute approximate surface area is 153 Å². The normalized spacial score (nSPS) is 10.5. The number of nitrogens with zero attached hydrogens (tertiary/aromatic N) is 2. The highest BCUT2D eigenvalue weighted by Crippen LogP contribution is 2.26. The van der Waals surface area contributed by atoms with Crippen molar-refractivity contribution in [2.75, 3.05) is 7.11 Å². The van der Waals surface area contributed by atoms with Crippen LogP contribution in [0.2, 0.25) is 10.0 Å². The number of rotatable bonds is 5. The minimum atomic E-state index is -0.614. The Hall–Kier alpha value is -2.57. The fraction of sp³-hybridized carbons (Fsp3) is 0.118. The van der Waals surface area contributed by atoms with Crippen molar-refractivity contribution in [2.45, 2.75) is 6.61 Å². The predicted octanol–water partition coefficient (Wildman–Crippen LogP) is 4.41. The van der Waals surface area contributed by atoms with Gasteiger partial charge in [-0.2, -0.15) is 4.98 Å². The minimum absolute atomic E-state index is 0.143. The SMILES string of the molecule is COc1ccc(Cl)cc1C(=O)OCc1nc(-c2ccccc2Cl)no1. The van der Waals surface area contributed by atoms with Crippen LogP contribution in [0.15, 0.2) is 47.0 Å². The molecular weight excluding hydrogens is 367 g/mol. The van der Waals surface area contributed by atoms with E-state index in [1.807, 2.05) is 6.07 Å². The van der Waals surface area contributed by atoms with Crippen LogP contribution >= 0.6 is 23.2 Å². The highest BCUT2D eigenvalue weighted by atomic mass is 35.5. The second-order valence-electron chi connectivity index (χ2n) is 4.91. The van der Waals surface area contributed by atoms with Gasteiger partial charge in [-0.1, -0.05) is 40.5 Å². The molecule has 8 heteroatoms. The van der Waals surface area contributed by atoms with E-state index in [4.69, 9.17) is 37.2 Å². The Morgan fingerprint density at radius 1 is 1.20 bits per heavy atom.